The van der Waals surface area contributed by atoms with E-state index < -0.39 is 5.97 Å². The molecule has 0 saturated carbocycles. The lowest BCUT2D eigenvalue weighted by atomic mass is 10.1. The van der Waals surface area contributed by atoms with Crippen LogP contribution >= 0.6 is 0 Å². The Hall–Kier alpha value is -2.69. The lowest BCUT2D eigenvalue weighted by molar-refractivity contribution is -0.136. The number of amides is 1. The van der Waals surface area contributed by atoms with Crippen molar-refractivity contribution >= 4 is 17.6 Å². The number of aryl methyl sites for hydroxylation is 1. The van der Waals surface area contributed by atoms with E-state index in [1.807, 2.05) is 19.1 Å². The van der Waals surface area contributed by atoms with Gasteiger partial charge in [-0.2, -0.15) is 0 Å². The van der Waals surface area contributed by atoms with Crippen LogP contribution in [0.4, 0.5) is 5.69 Å². The van der Waals surface area contributed by atoms with Gasteiger partial charge in [-0.15, -0.1) is 0 Å². The van der Waals surface area contributed by atoms with E-state index in [1.165, 1.54) is 0 Å². The predicted molar refractivity (Wildman–Crippen MR) is 79.1 cm³/mol. The van der Waals surface area contributed by atoms with Crippen LogP contribution in [0.3, 0.4) is 0 Å². The molecule has 0 bridgehead atoms. The zero-order valence-corrected chi connectivity index (χ0v) is 11.7. The van der Waals surface area contributed by atoms with Crippen molar-refractivity contribution in [1.82, 2.24) is 4.98 Å². The third kappa shape index (κ3) is 4.42. The highest BCUT2D eigenvalue weighted by Crippen LogP contribution is 2.11. The summed E-state index contributed by atoms with van der Waals surface area (Å²) < 4.78 is 0. The lowest BCUT2D eigenvalue weighted by Crippen LogP contribution is -2.15. The second-order valence-corrected chi connectivity index (χ2v) is 4.76. The number of carboxylic acids is 1. The standard InChI is InChI=1S/C16H16N2O3/c1-11-3-2-8-17-14(11)10-15(19)18-13-6-4-12(5-7-13)9-16(20)21/h2-8H,9-10H2,1H3,(H,18,19)(H,20,21). The fourth-order valence-corrected chi connectivity index (χ4v) is 1.94. The van der Waals surface area contributed by atoms with Gasteiger partial charge in [-0.1, -0.05) is 18.2 Å². The van der Waals surface area contributed by atoms with E-state index in [-0.39, 0.29) is 18.7 Å². The molecule has 2 N–H and O–H groups in total. The van der Waals surface area contributed by atoms with Crippen molar-refractivity contribution in [2.75, 3.05) is 5.32 Å². The second kappa shape index (κ2) is 6.65. The first-order valence-electron chi connectivity index (χ1n) is 6.55. The van der Waals surface area contributed by atoms with Crippen molar-refractivity contribution in [3.63, 3.8) is 0 Å². The number of nitrogens with one attached hydrogen (secondary N) is 1. The van der Waals surface area contributed by atoms with Crippen LogP contribution in [-0.2, 0) is 22.4 Å². The molecule has 0 spiro atoms. The summed E-state index contributed by atoms with van der Waals surface area (Å²) in [5.74, 6) is -1.03. The second-order valence-electron chi connectivity index (χ2n) is 4.76. The van der Waals surface area contributed by atoms with Crippen LogP contribution in [-0.4, -0.2) is 22.0 Å². The van der Waals surface area contributed by atoms with E-state index in [1.54, 1.807) is 30.5 Å². The number of carbonyl (C=O) groups excluding carboxylic acids is 1. The van der Waals surface area contributed by atoms with Crippen molar-refractivity contribution < 1.29 is 14.7 Å². The molecule has 1 aromatic carbocycles. The van der Waals surface area contributed by atoms with Crippen LogP contribution in [0.5, 0.6) is 0 Å². The number of rotatable bonds is 5. The molecule has 2 aromatic rings. The van der Waals surface area contributed by atoms with Crippen LogP contribution in [0.25, 0.3) is 0 Å². The number of nitrogens with zero attached hydrogens (tertiary/aromatic N) is 1. The highest BCUT2D eigenvalue weighted by atomic mass is 16.4. The van der Waals surface area contributed by atoms with Crippen molar-refractivity contribution in [2.45, 2.75) is 19.8 Å². The van der Waals surface area contributed by atoms with Gasteiger partial charge in [-0.05, 0) is 36.2 Å². The van der Waals surface area contributed by atoms with E-state index >= 15 is 0 Å². The summed E-state index contributed by atoms with van der Waals surface area (Å²) in [6.45, 7) is 1.91. The van der Waals surface area contributed by atoms with Gasteiger partial charge < -0.3 is 10.4 Å². The maximum absolute atomic E-state index is 12.0. The number of aliphatic carboxylic acids is 1. The molecule has 2 rings (SSSR count). The summed E-state index contributed by atoms with van der Waals surface area (Å²) >= 11 is 0. The zero-order chi connectivity index (χ0) is 15.2. The summed E-state index contributed by atoms with van der Waals surface area (Å²) in [5.41, 5.74) is 3.06. The Kier molecular flexibility index (Phi) is 4.66. The molecule has 5 nitrogen and oxygen atoms in total. The molecule has 0 saturated heterocycles. The van der Waals surface area contributed by atoms with Gasteiger partial charge in [0.25, 0.3) is 0 Å². The van der Waals surface area contributed by atoms with E-state index in [9.17, 15) is 9.59 Å². The number of hydrogen-bond donors (Lipinski definition) is 2. The minimum Gasteiger partial charge on any atom is -0.481 e. The first kappa shape index (κ1) is 14.7. The average molecular weight is 284 g/mol. The summed E-state index contributed by atoms with van der Waals surface area (Å²) in [6, 6.07) is 10.5. The molecule has 0 aliphatic carbocycles. The number of pyridine rings is 1. The molecule has 108 valence electrons. The molecule has 0 aliphatic rings. The molecule has 1 heterocycles. The van der Waals surface area contributed by atoms with Gasteiger partial charge in [0.15, 0.2) is 0 Å². The number of carboxylic acid groups (broad SMARTS) is 1. The third-order valence-electron chi connectivity index (χ3n) is 3.04. The molecule has 0 atom stereocenters. The number of benzene rings is 1. The predicted octanol–water partition coefficient (Wildman–Crippen LogP) is 2.20. The third-order valence-corrected chi connectivity index (χ3v) is 3.04. The van der Waals surface area contributed by atoms with Crippen LogP contribution in [0, 0.1) is 6.92 Å². The Labute approximate surface area is 122 Å². The van der Waals surface area contributed by atoms with Crippen LogP contribution in [0.2, 0.25) is 0 Å². The summed E-state index contributed by atoms with van der Waals surface area (Å²) in [7, 11) is 0. The molecule has 0 unspecified atom stereocenters. The zero-order valence-electron chi connectivity index (χ0n) is 11.7. The van der Waals surface area contributed by atoms with Gasteiger partial charge >= 0.3 is 5.97 Å². The smallest absolute Gasteiger partial charge is 0.307 e. The Balaban J connectivity index is 1.96. The summed E-state index contributed by atoms with van der Waals surface area (Å²) in [4.78, 5) is 26.7. The average Bonchev–Trinajstić information content (AvgIpc) is 2.43. The Morgan fingerprint density at radius 2 is 1.86 bits per heavy atom. The molecule has 5 heteroatoms. The van der Waals surface area contributed by atoms with E-state index in [0.717, 1.165) is 11.3 Å². The molecule has 1 aromatic heterocycles. The molecule has 0 aliphatic heterocycles. The van der Waals surface area contributed by atoms with Crippen molar-refractivity contribution in [2.24, 2.45) is 0 Å². The lowest BCUT2D eigenvalue weighted by Gasteiger charge is -2.07. The van der Waals surface area contributed by atoms with Gasteiger partial charge in [-0.3, -0.25) is 14.6 Å². The normalized spacial score (nSPS) is 10.1. The molecular formula is C16H16N2O3. The Morgan fingerprint density at radius 3 is 2.48 bits per heavy atom. The first-order valence-corrected chi connectivity index (χ1v) is 6.55. The minimum atomic E-state index is -0.877. The van der Waals surface area contributed by atoms with Gasteiger partial charge in [-0.25, -0.2) is 0 Å². The number of hydrogen-bond acceptors (Lipinski definition) is 3. The van der Waals surface area contributed by atoms with E-state index in [0.29, 0.717) is 11.3 Å². The number of carbonyl (C=O) groups is 2. The molecule has 21 heavy (non-hydrogen) atoms. The minimum absolute atomic E-state index is 0.0264. The van der Waals surface area contributed by atoms with E-state index in [2.05, 4.69) is 10.3 Å². The summed E-state index contributed by atoms with van der Waals surface area (Å²) in [5, 5.41) is 11.5. The topological polar surface area (TPSA) is 79.3 Å². The SMILES string of the molecule is Cc1cccnc1CC(=O)Nc1ccc(CC(=O)O)cc1. The van der Waals surface area contributed by atoms with E-state index in [4.69, 9.17) is 5.11 Å². The van der Waals surface area contributed by atoms with Gasteiger partial charge in [0.05, 0.1) is 18.5 Å². The quantitative estimate of drug-likeness (QED) is 0.882. The Morgan fingerprint density at radius 1 is 1.14 bits per heavy atom. The number of anilines is 1. The maximum atomic E-state index is 12.0. The molecule has 0 fully saturated rings. The van der Waals surface area contributed by atoms with Crippen LogP contribution in [0.15, 0.2) is 42.6 Å². The largest absolute Gasteiger partial charge is 0.481 e. The summed E-state index contributed by atoms with van der Waals surface area (Å²) in [6.07, 6.45) is 1.85. The monoisotopic (exact) mass is 284 g/mol. The first-order chi connectivity index (χ1) is 10.0. The maximum Gasteiger partial charge on any atom is 0.307 e. The van der Waals surface area contributed by atoms with Crippen LogP contribution < -0.4 is 5.32 Å². The molecular weight excluding hydrogens is 268 g/mol. The highest BCUT2D eigenvalue weighted by Gasteiger charge is 2.07. The highest BCUT2D eigenvalue weighted by molar-refractivity contribution is 5.92. The van der Waals surface area contributed by atoms with Crippen molar-refractivity contribution in [1.29, 1.82) is 0 Å². The van der Waals surface area contributed by atoms with Crippen molar-refractivity contribution in [3.05, 3.63) is 59.4 Å². The molecule has 0 radical (unpaired) electrons. The van der Waals surface area contributed by atoms with Gasteiger partial charge in [0.1, 0.15) is 0 Å². The van der Waals surface area contributed by atoms with Gasteiger partial charge in [0, 0.05) is 11.9 Å². The van der Waals surface area contributed by atoms with Crippen LogP contribution in [0.1, 0.15) is 16.8 Å². The van der Waals surface area contributed by atoms with Gasteiger partial charge in [0.2, 0.25) is 5.91 Å². The van der Waals surface area contributed by atoms with Crippen molar-refractivity contribution in [3.8, 4) is 0 Å². The Bertz CT molecular complexity index is 651. The fraction of sp³-hybridized carbons (Fsp3) is 0.188. The number of aromatic nitrogens is 1. The molecule has 1 amide bonds. The fourth-order valence-electron chi connectivity index (χ4n) is 1.94.